The maximum Gasteiger partial charge on any atom is 0.164 e. The van der Waals surface area contributed by atoms with Crippen LogP contribution in [0.3, 0.4) is 0 Å². The molecule has 0 N–H and O–H groups in total. The minimum Gasteiger partial charge on any atom is -0.299 e. The average molecular weight is 630 g/mol. The van der Waals surface area contributed by atoms with E-state index in [0.29, 0.717) is 17.5 Å². The number of imidazole rings is 1. The van der Waals surface area contributed by atoms with Gasteiger partial charge in [0.1, 0.15) is 6.33 Å². The number of nitrogens with zero attached hydrogens (tertiary/aromatic N) is 5. The van der Waals surface area contributed by atoms with E-state index in [1.807, 2.05) is 54.9 Å². The van der Waals surface area contributed by atoms with Gasteiger partial charge in [0.2, 0.25) is 0 Å². The van der Waals surface area contributed by atoms with Gasteiger partial charge < -0.3 is 0 Å². The van der Waals surface area contributed by atoms with Gasteiger partial charge in [-0.2, -0.15) is 0 Å². The lowest BCUT2D eigenvalue weighted by atomic mass is 9.94. The topological polar surface area (TPSA) is 56.5 Å². The van der Waals surface area contributed by atoms with Gasteiger partial charge in [-0.05, 0) is 76.2 Å². The van der Waals surface area contributed by atoms with Gasteiger partial charge >= 0.3 is 0 Å². The van der Waals surface area contributed by atoms with Gasteiger partial charge in [-0.15, -0.1) is 0 Å². The minimum absolute atomic E-state index is 0.671. The molecule has 8 aromatic rings. The fourth-order valence-corrected chi connectivity index (χ4v) is 6.62. The number of hydrogen-bond donors (Lipinski definition) is 0. The second-order valence-electron chi connectivity index (χ2n) is 12.3. The van der Waals surface area contributed by atoms with Crippen LogP contribution in [0.1, 0.15) is 18.7 Å². The summed E-state index contributed by atoms with van der Waals surface area (Å²) >= 11 is 0. The fourth-order valence-electron chi connectivity index (χ4n) is 6.62. The van der Waals surface area contributed by atoms with Crippen LogP contribution in [0.4, 0.5) is 0 Å². The Hall–Kier alpha value is -6.46. The SMILES string of the molecule is C1=CC(c2nc(-c3ccccc3)nc(-c3ccc(-c4cccc5cc(-c6ccc(-n7cnc8ccccc87)cc6)ccc45)cc3)n2)=CCC1. The minimum atomic E-state index is 0.671. The molecule has 2 heterocycles. The van der Waals surface area contributed by atoms with Crippen molar-refractivity contribution in [1.29, 1.82) is 0 Å². The summed E-state index contributed by atoms with van der Waals surface area (Å²) in [6.45, 7) is 0. The monoisotopic (exact) mass is 629 g/mol. The fraction of sp³-hybridized carbons (Fsp3) is 0.0455. The Bertz CT molecular complexity index is 2530. The van der Waals surface area contributed by atoms with Crippen LogP contribution in [0.2, 0.25) is 0 Å². The maximum absolute atomic E-state index is 4.93. The van der Waals surface area contributed by atoms with Gasteiger partial charge in [0.25, 0.3) is 0 Å². The van der Waals surface area contributed by atoms with Crippen molar-refractivity contribution >= 4 is 27.4 Å². The van der Waals surface area contributed by atoms with Crippen molar-refractivity contribution in [1.82, 2.24) is 24.5 Å². The number of para-hydroxylation sites is 2. The van der Waals surface area contributed by atoms with Crippen LogP contribution in [-0.2, 0) is 0 Å². The van der Waals surface area contributed by atoms with Gasteiger partial charge in [0.05, 0.1) is 11.0 Å². The van der Waals surface area contributed by atoms with Crippen molar-refractivity contribution in [2.24, 2.45) is 0 Å². The lowest BCUT2D eigenvalue weighted by molar-refractivity contribution is 1.01. The number of rotatable bonds is 6. The highest BCUT2D eigenvalue weighted by Gasteiger charge is 2.14. The van der Waals surface area contributed by atoms with E-state index in [-0.39, 0.29) is 0 Å². The van der Waals surface area contributed by atoms with Crippen molar-refractivity contribution in [2.75, 3.05) is 0 Å². The Balaban J connectivity index is 1.02. The molecule has 1 aliphatic rings. The molecule has 0 unspecified atom stereocenters. The van der Waals surface area contributed by atoms with Gasteiger partial charge in [-0.3, -0.25) is 4.57 Å². The van der Waals surface area contributed by atoms with E-state index in [4.69, 9.17) is 15.0 Å². The molecule has 0 fully saturated rings. The van der Waals surface area contributed by atoms with Crippen molar-refractivity contribution < 1.29 is 0 Å². The first-order valence-corrected chi connectivity index (χ1v) is 16.6. The zero-order valence-electron chi connectivity index (χ0n) is 26.7. The Labute approximate surface area is 284 Å². The first-order chi connectivity index (χ1) is 24.3. The standard InChI is InChI=1S/C44H31N5/c1-3-10-32(11-4-1)42-46-43(33-12-5-2-6-13-33)48-44(47-42)34-20-18-31(19-21-34)38-15-9-14-36-28-35(24-27-39(36)38)30-22-25-37(26-23-30)49-29-45-40-16-7-8-17-41(40)49/h1,3-5,7-29H,2,6H2. The highest BCUT2D eigenvalue weighted by molar-refractivity contribution is 5.99. The van der Waals surface area contributed by atoms with E-state index in [0.717, 1.165) is 51.8 Å². The molecule has 6 aromatic carbocycles. The van der Waals surface area contributed by atoms with Crippen LogP contribution in [0, 0.1) is 0 Å². The van der Waals surface area contributed by atoms with Crippen molar-refractivity contribution in [3.63, 3.8) is 0 Å². The Morgan fingerprint density at radius 1 is 0.510 bits per heavy atom. The second kappa shape index (κ2) is 12.3. The molecule has 1 aliphatic carbocycles. The summed E-state index contributed by atoms with van der Waals surface area (Å²) in [4.78, 5) is 19.3. The molecule has 2 aromatic heterocycles. The predicted octanol–water partition coefficient (Wildman–Crippen LogP) is 10.8. The van der Waals surface area contributed by atoms with Crippen molar-refractivity contribution in [3.05, 3.63) is 170 Å². The molecule has 0 spiro atoms. The zero-order valence-corrected chi connectivity index (χ0v) is 26.7. The summed E-state index contributed by atoms with van der Waals surface area (Å²) < 4.78 is 2.13. The normalized spacial score (nSPS) is 12.8. The Morgan fingerprint density at radius 3 is 2.00 bits per heavy atom. The average Bonchev–Trinajstić information content (AvgIpc) is 3.62. The zero-order chi connectivity index (χ0) is 32.6. The highest BCUT2D eigenvalue weighted by atomic mass is 15.0. The summed E-state index contributed by atoms with van der Waals surface area (Å²) in [5.74, 6) is 2.06. The van der Waals surface area contributed by atoms with Gasteiger partial charge in [-0.1, -0.05) is 127 Å². The number of fused-ring (bicyclic) bond motifs is 2. The molecule has 0 atom stereocenters. The molecular formula is C44H31N5. The number of allylic oxidation sites excluding steroid dienone is 4. The molecule has 0 amide bonds. The van der Waals surface area contributed by atoms with Crippen LogP contribution in [0.5, 0.6) is 0 Å². The molecule has 5 heteroatoms. The number of benzene rings is 6. The largest absolute Gasteiger partial charge is 0.299 e. The molecule has 0 saturated carbocycles. The molecule has 0 saturated heterocycles. The van der Waals surface area contributed by atoms with Crippen LogP contribution < -0.4 is 0 Å². The Morgan fingerprint density at radius 2 is 1.20 bits per heavy atom. The van der Waals surface area contributed by atoms with Gasteiger partial charge in [0, 0.05) is 22.4 Å². The Kier molecular flexibility index (Phi) is 7.21. The van der Waals surface area contributed by atoms with E-state index < -0.39 is 0 Å². The summed E-state index contributed by atoms with van der Waals surface area (Å²) in [6.07, 6.45) is 10.4. The molecular weight excluding hydrogens is 599 g/mol. The predicted molar refractivity (Wildman–Crippen MR) is 200 cm³/mol. The third-order valence-corrected chi connectivity index (χ3v) is 9.19. The summed E-state index contributed by atoms with van der Waals surface area (Å²) in [7, 11) is 0. The van der Waals surface area contributed by atoms with Gasteiger partial charge in [-0.25, -0.2) is 19.9 Å². The molecule has 9 rings (SSSR count). The van der Waals surface area contributed by atoms with E-state index >= 15 is 0 Å². The molecule has 49 heavy (non-hydrogen) atoms. The summed E-state index contributed by atoms with van der Waals surface area (Å²) in [5, 5.41) is 2.41. The molecule has 232 valence electrons. The molecule has 5 nitrogen and oxygen atoms in total. The van der Waals surface area contributed by atoms with Crippen LogP contribution in [0.15, 0.2) is 164 Å². The van der Waals surface area contributed by atoms with E-state index in [9.17, 15) is 0 Å². The quantitative estimate of drug-likeness (QED) is 0.184. The van der Waals surface area contributed by atoms with Crippen LogP contribution in [-0.4, -0.2) is 24.5 Å². The summed E-state index contributed by atoms with van der Waals surface area (Å²) in [5.41, 5.74) is 10.9. The van der Waals surface area contributed by atoms with Crippen molar-refractivity contribution in [3.8, 4) is 50.7 Å². The van der Waals surface area contributed by atoms with E-state index in [2.05, 4.69) is 119 Å². The van der Waals surface area contributed by atoms with Crippen molar-refractivity contribution in [2.45, 2.75) is 12.8 Å². The second-order valence-corrected chi connectivity index (χ2v) is 12.3. The van der Waals surface area contributed by atoms with Crippen LogP contribution >= 0.6 is 0 Å². The summed E-state index contributed by atoms with van der Waals surface area (Å²) in [6, 6.07) is 48.8. The lowest BCUT2D eigenvalue weighted by Gasteiger charge is -2.12. The smallest absolute Gasteiger partial charge is 0.164 e. The highest BCUT2D eigenvalue weighted by Crippen LogP contribution is 2.34. The molecule has 0 aliphatic heterocycles. The number of aromatic nitrogens is 5. The van der Waals surface area contributed by atoms with E-state index in [1.54, 1.807) is 0 Å². The lowest BCUT2D eigenvalue weighted by Crippen LogP contribution is -2.03. The van der Waals surface area contributed by atoms with E-state index in [1.165, 1.54) is 27.5 Å². The van der Waals surface area contributed by atoms with Gasteiger partial charge in [0.15, 0.2) is 17.5 Å². The maximum atomic E-state index is 4.93. The first kappa shape index (κ1) is 28.7. The third-order valence-electron chi connectivity index (χ3n) is 9.19. The molecule has 0 radical (unpaired) electrons. The number of hydrogen-bond acceptors (Lipinski definition) is 4. The third kappa shape index (κ3) is 5.51. The first-order valence-electron chi connectivity index (χ1n) is 16.6. The molecule has 0 bridgehead atoms. The van der Waals surface area contributed by atoms with Crippen LogP contribution in [0.25, 0.3) is 78.1 Å².